The highest BCUT2D eigenvalue weighted by Gasteiger charge is 2.46. The van der Waals surface area contributed by atoms with Crippen molar-refractivity contribution in [1.82, 2.24) is 14.8 Å². The molecule has 0 spiro atoms. The van der Waals surface area contributed by atoms with Crippen LogP contribution in [-0.2, 0) is 5.41 Å². The van der Waals surface area contributed by atoms with Crippen LogP contribution in [0.5, 0.6) is 23.0 Å². The van der Waals surface area contributed by atoms with E-state index in [-0.39, 0.29) is 0 Å². The molecule has 1 aliphatic heterocycles. The minimum Gasteiger partial charge on any atom is -0.457 e. The molecule has 0 bridgehead atoms. The summed E-state index contributed by atoms with van der Waals surface area (Å²) >= 11 is 0. The number of aromatic nitrogens is 3. The SMILES string of the molecule is c1ccc(C2(c3cccc(Oc4cccc(-n5cccn5)c4)c3)c3ccccc3Oc3ccccc32)nc1. The lowest BCUT2D eigenvalue weighted by molar-refractivity contribution is 0.431. The van der Waals surface area contributed by atoms with E-state index >= 15 is 0 Å². The third-order valence-electron chi connectivity index (χ3n) is 6.94. The molecular weight excluding hydrogens is 470 g/mol. The summed E-state index contributed by atoms with van der Waals surface area (Å²) in [6, 6.07) is 40.5. The molecule has 2 aromatic heterocycles. The van der Waals surface area contributed by atoms with Gasteiger partial charge < -0.3 is 9.47 Å². The van der Waals surface area contributed by atoms with Crippen LogP contribution >= 0.6 is 0 Å². The zero-order valence-corrected chi connectivity index (χ0v) is 20.4. The number of pyridine rings is 1. The maximum absolute atomic E-state index is 6.41. The van der Waals surface area contributed by atoms with Crippen LogP contribution in [-0.4, -0.2) is 14.8 Å². The first-order valence-corrected chi connectivity index (χ1v) is 12.5. The van der Waals surface area contributed by atoms with Gasteiger partial charge in [0.1, 0.15) is 23.0 Å². The van der Waals surface area contributed by atoms with Crippen molar-refractivity contribution in [3.05, 3.63) is 162 Å². The van der Waals surface area contributed by atoms with Crippen molar-refractivity contribution < 1.29 is 9.47 Å². The Balaban J connectivity index is 1.41. The summed E-state index contributed by atoms with van der Waals surface area (Å²) in [5.41, 5.74) is 4.27. The van der Waals surface area contributed by atoms with Gasteiger partial charge in [0.25, 0.3) is 0 Å². The molecule has 1 aliphatic rings. The molecule has 0 atom stereocenters. The molecule has 3 heterocycles. The number of nitrogens with zero attached hydrogens (tertiary/aromatic N) is 3. The molecule has 0 N–H and O–H groups in total. The van der Waals surface area contributed by atoms with Gasteiger partial charge in [0.15, 0.2) is 0 Å². The van der Waals surface area contributed by atoms with Crippen LogP contribution < -0.4 is 9.47 Å². The van der Waals surface area contributed by atoms with Crippen molar-refractivity contribution in [3.8, 4) is 28.7 Å². The van der Waals surface area contributed by atoms with Gasteiger partial charge in [-0.1, -0.05) is 60.7 Å². The maximum Gasteiger partial charge on any atom is 0.132 e. The third kappa shape index (κ3) is 3.56. The van der Waals surface area contributed by atoms with Gasteiger partial charge in [-0.15, -0.1) is 0 Å². The van der Waals surface area contributed by atoms with E-state index in [1.165, 1.54) is 0 Å². The first-order valence-electron chi connectivity index (χ1n) is 12.5. The normalized spacial score (nSPS) is 13.2. The number of hydrogen-bond acceptors (Lipinski definition) is 4. The fourth-order valence-electron chi connectivity index (χ4n) is 5.35. The quantitative estimate of drug-likeness (QED) is 0.248. The average molecular weight is 494 g/mol. The summed E-state index contributed by atoms with van der Waals surface area (Å²) in [5.74, 6) is 3.09. The maximum atomic E-state index is 6.41. The molecule has 0 saturated heterocycles. The molecule has 0 unspecified atom stereocenters. The Morgan fingerprint density at radius 1 is 0.632 bits per heavy atom. The Morgan fingerprint density at radius 3 is 2.05 bits per heavy atom. The highest BCUT2D eigenvalue weighted by atomic mass is 16.5. The highest BCUT2D eigenvalue weighted by molar-refractivity contribution is 5.68. The second kappa shape index (κ2) is 9.05. The van der Waals surface area contributed by atoms with Gasteiger partial charge >= 0.3 is 0 Å². The first-order chi connectivity index (χ1) is 18.8. The largest absolute Gasteiger partial charge is 0.457 e. The predicted octanol–water partition coefficient (Wildman–Crippen LogP) is 7.55. The van der Waals surface area contributed by atoms with Gasteiger partial charge in [-0.2, -0.15) is 5.10 Å². The van der Waals surface area contributed by atoms with Crippen LogP contribution in [0.3, 0.4) is 0 Å². The molecule has 7 rings (SSSR count). The molecule has 0 radical (unpaired) electrons. The monoisotopic (exact) mass is 493 g/mol. The van der Waals surface area contributed by atoms with E-state index in [0.29, 0.717) is 0 Å². The predicted molar refractivity (Wildman–Crippen MR) is 146 cm³/mol. The first kappa shape index (κ1) is 22.1. The van der Waals surface area contributed by atoms with E-state index in [4.69, 9.17) is 14.5 Å². The second-order valence-electron chi connectivity index (χ2n) is 9.14. The van der Waals surface area contributed by atoms with E-state index in [2.05, 4.69) is 47.6 Å². The lowest BCUT2D eigenvalue weighted by Crippen LogP contribution is -2.35. The average Bonchev–Trinajstić information content (AvgIpc) is 3.52. The van der Waals surface area contributed by atoms with E-state index in [0.717, 1.165) is 51.1 Å². The van der Waals surface area contributed by atoms with Gasteiger partial charge in [-0.25, -0.2) is 4.68 Å². The van der Waals surface area contributed by atoms with Crippen LogP contribution in [0.1, 0.15) is 22.4 Å². The van der Waals surface area contributed by atoms with Crippen molar-refractivity contribution >= 4 is 0 Å². The number of fused-ring (bicyclic) bond motifs is 2. The zero-order chi connectivity index (χ0) is 25.4. The molecule has 5 heteroatoms. The molecule has 38 heavy (non-hydrogen) atoms. The molecular formula is C33H23N3O2. The molecule has 5 nitrogen and oxygen atoms in total. The summed E-state index contributed by atoms with van der Waals surface area (Å²) < 4.78 is 14.6. The summed E-state index contributed by atoms with van der Waals surface area (Å²) in [4.78, 5) is 4.90. The molecule has 0 amide bonds. The van der Waals surface area contributed by atoms with Gasteiger partial charge in [-0.05, 0) is 60.2 Å². The fourth-order valence-corrected chi connectivity index (χ4v) is 5.35. The Labute approximate surface area is 220 Å². The summed E-state index contributed by atoms with van der Waals surface area (Å²) in [5, 5.41) is 4.34. The Hall–Kier alpha value is -5.16. The van der Waals surface area contributed by atoms with Crippen LogP contribution in [0.25, 0.3) is 5.69 Å². The Morgan fingerprint density at radius 2 is 1.34 bits per heavy atom. The molecule has 4 aromatic carbocycles. The molecule has 0 fully saturated rings. The molecule has 182 valence electrons. The molecule has 0 aliphatic carbocycles. The van der Waals surface area contributed by atoms with Crippen LogP contribution in [0.4, 0.5) is 0 Å². The van der Waals surface area contributed by atoms with Gasteiger partial charge in [0.05, 0.1) is 16.8 Å². The van der Waals surface area contributed by atoms with Crippen molar-refractivity contribution in [1.29, 1.82) is 0 Å². The summed E-state index contributed by atoms with van der Waals surface area (Å²) in [7, 11) is 0. The van der Waals surface area contributed by atoms with Crippen molar-refractivity contribution in [2.75, 3.05) is 0 Å². The van der Waals surface area contributed by atoms with Crippen molar-refractivity contribution in [3.63, 3.8) is 0 Å². The van der Waals surface area contributed by atoms with E-state index in [1.54, 1.807) is 6.20 Å². The van der Waals surface area contributed by atoms with Crippen LogP contribution in [0, 0.1) is 0 Å². The topological polar surface area (TPSA) is 49.2 Å². The lowest BCUT2D eigenvalue weighted by Gasteiger charge is -2.40. The van der Waals surface area contributed by atoms with Gasteiger partial charge in [-0.3, -0.25) is 4.98 Å². The third-order valence-corrected chi connectivity index (χ3v) is 6.94. The minimum atomic E-state index is -0.691. The van der Waals surface area contributed by atoms with Crippen LogP contribution in [0.2, 0.25) is 0 Å². The number of ether oxygens (including phenoxy) is 2. The number of hydrogen-bond donors (Lipinski definition) is 0. The smallest absolute Gasteiger partial charge is 0.132 e. The summed E-state index contributed by atoms with van der Waals surface area (Å²) in [6.45, 7) is 0. The second-order valence-corrected chi connectivity index (χ2v) is 9.14. The van der Waals surface area contributed by atoms with E-state index in [1.807, 2.05) is 95.9 Å². The Kier molecular flexibility index (Phi) is 5.26. The van der Waals surface area contributed by atoms with Crippen molar-refractivity contribution in [2.24, 2.45) is 0 Å². The number of para-hydroxylation sites is 2. The van der Waals surface area contributed by atoms with E-state index < -0.39 is 5.41 Å². The van der Waals surface area contributed by atoms with Gasteiger partial charge in [0.2, 0.25) is 0 Å². The van der Waals surface area contributed by atoms with Crippen LogP contribution in [0.15, 0.2) is 140 Å². The fraction of sp³-hybridized carbons (Fsp3) is 0.0303. The molecule has 0 saturated carbocycles. The van der Waals surface area contributed by atoms with E-state index in [9.17, 15) is 0 Å². The minimum absolute atomic E-state index is 0.691. The lowest BCUT2D eigenvalue weighted by atomic mass is 9.65. The highest BCUT2D eigenvalue weighted by Crippen LogP contribution is 2.54. The standard InChI is InChI=1S/C33H23N3O2/c1-3-16-30-28(14-1)33(32-18-5-6-19-34-32,29-15-2-4-17-31(29)38-30)24-10-7-12-26(22-24)37-27-13-8-11-25(23-27)36-21-9-20-35-36/h1-23H. The zero-order valence-electron chi connectivity index (χ0n) is 20.4. The van der Waals surface area contributed by atoms with Gasteiger partial charge in [0, 0.05) is 35.8 Å². The Bertz CT molecular complexity index is 1680. The molecule has 6 aromatic rings. The number of rotatable bonds is 5. The summed E-state index contributed by atoms with van der Waals surface area (Å²) in [6.07, 6.45) is 5.52. The van der Waals surface area contributed by atoms with Crippen molar-refractivity contribution in [2.45, 2.75) is 5.41 Å². The number of benzene rings is 4.